The Morgan fingerprint density at radius 1 is 1.00 bits per heavy atom. The predicted octanol–water partition coefficient (Wildman–Crippen LogP) is 2.56. The van der Waals surface area contributed by atoms with Gasteiger partial charge in [0.1, 0.15) is 0 Å². The van der Waals surface area contributed by atoms with E-state index >= 15 is 0 Å². The molecule has 0 spiro atoms. The Morgan fingerprint density at radius 3 is 1.60 bits per heavy atom. The van der Waals surface area contributed by atoms with Gasteiger partial charge in [-0.15, -0.1) is 0 Å². The SMILES string of the molecule is CC1(C)C[CH]CC(C)(C)O1. The van der Waals surface area contributed by atoms with Crippen LogP contribution in [-0.2, 0) is 4.74 Å². The zero-order valence-corrected chi connectivity index (χ0v) is 7.40. The van der Waals surface area contributed by atoms with Crippen molar-refractivity contribution in [2.24, 2.45) is 0 Å². The smallest absolute Gasteiger partial charge is 0.0636 e. The summed E-state index contributed by atoms with van der Waals surface area (Å²) in [5.74, 6) is 0. The van der Waals surface area contributed by atoms with Crippen LogP contribution < -0.4 is 0 Å². The number of hydrogen-bond donors (Lipinski definition) is 0. The Labute approximate surface area is 63.8 Å². The molecule has 0 aliphatic carbocycles. The molecule has 59 valence electrons. The summed E-state index contributed by atoms with van der Waals surface area (Å²) in [4.78, 5) is 0. The maximum atomic E-state index is 5.83. The van der Waals surface area contributed by atoms with Gasteiger partial charge in [-0.2, -0.15) is 0 Å². The summed E-state index contributed by atoms with van der Waals surface area (Å²) in [6.07, 6.45) is 4.48. The molecule has 0 saturated carbocycles. The Morgan fingerprint density at radius 2 is 1.40 bits per heavy atom. The summed E-state index contributed by atoms with van der Waals surface area (Å²) in [5.41, 5.74) is 0.115. The summed E-state index contributed by atoms with van der Waals surface area (Å²) in [6, 6.07) is 0. The lowest BCUT2D eigenvalue weighted by atomic mass is 9.89. The Balaban J connectivity index is 2.56. The minimum atomic E-state index is 0.0573. The molecule has 0 N–H and O–H groups in total. The first-order chi connectivity index (χ1) is 4.41. The van der Waals surface area contributed by atoms with Gasteiger partial charge in [0.05, 0.1) is 11.2 Å². The summed E-state index contributed by atoms with van der Waals surface area (Å²) in [5, 5.41) is 0. The third-order valence-corrected chi connectivity index (χ3v) is 1.82. The van der Waals surface area contributed by atoms with Gasteiger partial charge in [-0.3, -0.25) is 0 Å². The van der Waals surface area contributed by atoms with Gasteiger partial charge < -0.3 is 4.74 Å². The van der Waals surface area contributed by atoms with Gasteiger partial charge in [-0.25, -0.2) is 0 Å². The second kappa shape index (κ2) is 2.23. The summed E-state index contributed by atoms with van der Waals surface area (Å²) < 4.78 is 5.83. The zero-order chi connectivity index (χ0) is 7.83. The molecule has 1 rings (SSSR count). The fraction of sp³-hybridized carbons (Fsp3) is 0.889. The van der Waals surface area contributed by atoms with Gasteiger partial charge >= 0.3 is 0 Å². The van der Waals surface area contributed by atoms with Crippen molar-refractivity contribution in [3.63, 3.8) is 0 Å². The third-order valence-electron chi connectivity index (χ3n) is 1.82. The Bertz CT molecular complexity index is 111. The van der Waals surface area contributed by atoms with Crippen LogP contribution in [0.1, 0.15) is 40.5 Å². The standard InChI is InChI=1S/C9H17O/c1-8(2)6-5-7-9(3,4)10-8/h5H,6-7H2,1-4H3. The van der Waals surface area contributed by atoms with E-state index in [0.717, 1.165) is 12.8 Å². The van der Waals surface area contributed by atoms with Crippen molar-refractivity contribution in [2.75, 3.05) is 0 Å². The molecule has 1 fully saturated rings. The van der Waals surface area contributed by atoms with E-state index in [1.165, 1.54) is 0 Å². The largest absolute Gasteiger partial charge is 0.370 e. The topological polar surface area (TPSA) is 9.23 Å². The number of hydrogen-bond acceptors (Lipinski definition) is 1. The molecule has 10 heavy (non-hydrogen) atoms. The maximum Gasteiger partial charge on any atom is 0.0636 e. The van der Waals surface area contributed by atoms with E-state index in [-0.39, 0.29) is 11.2 Å². The van der Waals surface area contributed by atoms with E-state index in [4.69, 9.17) is 4.74 Å². The molecule has 0 aromatic carbocycles. The van der Waals surface area contributed by atoms with E-state index < -0.39 is 0 Å². The van der Waals surface area contributed by atoms with Crippen molar-refractivity contribution in [1.29, 1.82) is 0 Å². The van der Waals surface area contributed by atoms with Crippen molar-refractivity contribution in [3.8, 4) is 0 Å². The van der Waals surface area contributed by atoms with Gasteiger partial charge in [-0.05, 0) is 47.0 Å². The molecule has 0 unspecified atom stereocenters. The van der Waals surface area contributed by atoms with Crippen LogP contribution in [0.5, 0.6) is 0 Å². The van der Waals surface area contributed by atoms with Crippen LogP contribution in [0.2, 0.25) is 0 Å². The molecule has 0 bridgehead atoms. The second-order valence-corrected chi connectivity index (χ2v) is 4.32. The van der Waals surface area contributed by atoms with E-state index in [0.29, 0.717) is 0 Å². The number of ether oxygens (including phenoxy) is 1. The summed E-state index contributed by atoms with van der Waals surface area (Å²) >= 11 is 0. The molecule has 1 aliphatic heterocycles. The van der Waals surface area contributed by atoms with Crippen LogP contribution >= 0.6 is 0 Å². The molecule has 0 atom stereocenters. The van der Waals surface area contributed by atoms with Crippen molar-refractivity contribution in [2.45, 2.75) is 51.7 Å². The molecule has 1 nitrogen and oxygen atoms in total. The molecule has 1 heterocycles. The molecular formula is C9H17O. The summed E-state index contributed by atoms with van der Waals surface area (Å²) in [7, 11) is 0. The molecule has 0 aromatic rings. The first kappa shape index (κ1) is 8.06. The molecule has 1 radical (unpaired) electrons. The molecule has 1 heteroatoms. The molecular weight excluding hydrogens is 124 g/mol. The Kier molecular flexibility index (Phi) is 1.80. The van der Waals surface area contributed by atoms with Crippen LogP contribution in [0.3, 0.4) is 0 Å². The van der Waals surface area contributed by atoms with Crippen molar-refractivity contribution in [1.82, 2.24) is 0 Å². The number of rotatable bonds is 0. The highest BCUT2D eigenvalue weighted by Gasteiger charge is 2.33. The normalized spacial score (nSPS) is 30.0. The van der Waals surface area contributed by atoms with Crippen LogP contribution in [0.4, 0.5) is 0 Å². The van der Waals surface area contributed by atoms with Gasteiger partial charge in [-0.1, -0.05) is 0 Å². The van der Waals surface area contributed by atoms with E-state index in [1.807, 2.05) is 0 Å². The molecule has 0 aromatic heterocycles. The lowest BCUT2D eigenvalue weighted by Crippen LogP contribution is -2.41. The van der Waals surface area contributed by atoms with Crippen LogP contribution in [-0.4, -0.2) is 11.2 Å². The predicted molar refractivity (Wildman–Crippen MR) is 42.8 cm³/mol. The molecule has 1 aliphatic rings. The first-order valence-electron chi connectivity index (χ1n) is 3.93. The second-order valence-electron chi connectivity index (χ2n) is 4.32. The maximum absolute atomic E-state index is 5.83. The fourth-order valence-electron chi connectivity index (χ4n) is 1.60. The van der Waals surface area contributed by atoms with Crippen LogP contribution in [0.15, 0.2) is 0 Å². The monoisotopic (exact) mass is 141 g/mol. The van der Waals surface area contributed by atoms with Crippen LogP contribution in [0.25, 0.3) is 0 Å². The highest BCUT2D eigenvalue weighted by atomic mass is 16.5. The lowest BCUT2D eigenvalue weighted by molar-refractivity contribution is -0.140. The van der Waals surface area contributed by atoms with E-state index in [1.54, 1.807) is 0 Å². The molecule has 1 saturated heterocycles. The minimum absolute atomic E-state index is 0.0573. The minimum Gasteiger partial charge on any atom is -0.370 e. The Hall–Kier alpha value is -0.0400. The van der Waals surface area contributed by atoms with Crippen LogP contribution in [0, 0.1) is 6.42 Å². The highest BCUT2D eigenvalue weighted by molar-refractivity contribution is 4.92. The van der Waals surface area contributed by atoms with E-state index in [2.05, 4.69) is 34.1 Å². The van der Waals surface area contributed by atoms with Crippen molar-refractivity contribution < 1.29 is 4.74 Å². The highest BCUT2D eigenvalue weighted by Crippen LogP contribution is 2.33. The van der Waals surface area contributed by atoms with E-state index in [9.17, 15) is 0 Å². The van der Waals surface area contributed by atoms with Gasteiger partial charge in [0.25, 0.3) is 0 Å². The fourth-order valence-corrected chi connectivity index (χ4v) is 1.60. The average molecular weight is 141 g/mol. The van der Waals surface area contributed by atoms with Gasteiger partial charge in [0.15, 0.2) is 0 Å². The third kappa shape index (κ3) is 1.98. The average Bonchev–Trinajstić information content (AvgIpc) is 1.56. The van der Waals surface area contributed by atoms with Crippen molar-refractivity contribution >= 4 is 0 Å². The van der Waals surface area contributed by atoms with Gasteiger partial charge in [0.2, 0.25) is 0 Å². The first-order valence-corrected chi connectivity index (χ1v) is 3.93. The van der Waals surface area contributed by atoms with Crippen molar-refractivity contribution in [3.05, 3.63) is 6.42 Å². The molecule has 0 amide bonds. The lowest BCUT2D eigenvalue weighted by Gasteiger charge is -2.41. The summed E-state index contributed by atoms with van der Waals surface area (Å²) in [6.45, 7) is 8.57. The van der Waals surface area contributed by atoms with Gasteiger partial charge in [0, 0.05) is 0 Å². The zero-order valence-electron chi connectivity index (χ0n) is 7.40. The quantitative estimate of drug-likeness (QED) is 0.503.